The van der Waals surface area contributed by atoms with Gasteiger partial charge >= 0.3 is 0 Å². The maximum Gasteiger partial charge on any atom is 0.0513 e. The molecule has 1 heterocycles. The second kappa shape index (κ2) is 6.24. The third-order valence-electron chi connectivity index (χ3n) is 3.53. The van der Waals surface area contributed by atoms with Gasteiger partial charge in [0.25, 0.3) is 0 Å². The van der Waals surface area contributed by atoms with E-state index in [-0.39, 0.29) is 0 Å². The Bertz CT molecular complexity index is 378. The predicted molar refractivity (Wildman–Crippen MR) is 82.0 cm³/mol. The minimum atomic E-state index is 0.656. The number of benzene rings is 1. The Morgan fingerprint density at radius 2 is 2.12 bits per heavy atom. The fourth-order valence-electron chi connectivity index (χ4n) is 2.50. The molecule has 0 aliphatic carbocycles. The minimum Gasteiger partial charge on any atom is -0.368 e. The van der Waals surface area contributed by atoms with Crippen LogP contribution in [0.25, 0.3) is 0 Å². The van der Waals surface area contributed by atoms with Gasteiger partial charge in [-0.05, 0) is 53.4 Å². The molecule has 17 heavy (non-hydrogen) atoms. The smallest absolute Gasteiger partial charge is 0.0513 e. The number of rotatable bonds is 2. The van der Waals surface area contributed by atoms with Gasteiger partial charge in [0.15, 0.2) is 0 Å². The van der Waals surface area contributed by atoms with Crippen molar-refractivity contribution in [2.24, 2.45) is 0 Å². The summed E-state index contributed by atoms with van der Waals surface area (Å²) in [6.45, 7) is 3.53. The molecule has 1 saturated heterocycles. The summed E-state index contributed by atoms with van der Waals surface area (Å²) >= 11 is 7.22. The van der Waals surface area contributed by atoms with E-state index in [4.69, 9.17) is 0 Å². The van der Waals surface area contributed by atoms with Crippen LogP contribution >= 0.6 is 31.9 Å². The molecular weight excluding hydrogens is 342 g/mol. The van der Waals surface area contributed by atoms with Crippen LogP contribution in [0.5, 0.6) is 0 Å². The lowest BCUT2D eigenvalue weighted by Gasteiger charge is -2.30. The fraction of sp³-hybridized carbons (Fsp3) is 0.571. The van der Waals surface area contributed by atoms with Gasteiger partial charge in [0, 0.05) is 22.4 Å². The third kappa shape index (κ3) is 3.25. The molecule has 0 aromatic heterocycles. The highest BCUT2D eigenvalue weighted by Crippen LogP contribution is 2.32. The number of hydrogen-bond acceptors (Lipinski definition) is 1. The normalized spacial score (nSPS) is 21.4. The van der Waals surface area contributed by atoms with E-state index in [2.05, 4.69) is 61.9 Å². The van der Waals surface area contributed by atoms with Crippen LogP contribution in [0.3, 0.4) is 0 Å². The van der Waals surface area contributed by atoms with Crippen LogP contribution < -0.4 is 4.90 Å². The molecule has 1 nitrogen and oxygen atoms in total. The van der Waals surface area contributed by atoms with Crippen molar-refractivity contribution in [1.82, 2.24) is 0 Å². The van der Waals surface area contributed by atoms with E-state index >= 15 is 0 Å². The van der Waals surface area contributed by atoms with Crippen LogP contribution in [0.15, 0.2) is 22.7 Å². The first kappa shape index (κ1) is 13.4. The van der Waals surface area contributed by atoms with E-state index < -0.39 is 0 Å². The van der Waals surface area contributed by atoms with Crippen molar-refractivity contribution in [3.8, 4) is 0 Å². The third-order valence-corrected chi connectivity index (χ3v) is 4.81. The molecule has 0 radical (unpaired) electrons. The molecule has 1 unspecified atom stereocenters. The van der Waals surface area contributed by atoms with Gasteiger partial charge in [-0.3, -0.25) is 0 Å². The molecule has 0 bridgehead atoms. The molecule has 94 valence electrons. The molecule has 1 atom stereocenters. The van der Waals surface area contributed by atoms with Gasteiger partial charge in [-0.2, -0.15) is 0 Å². The zero-order valence-electron chi connectivity index (χ0n) is 10.3. The monoisotopic (exact) mass is 359 g/mol. The summed E-state index contributed by atoms with van der Waals surface area (Å²) in [6, 6.07) is 7.35. The second-order valence-corrected chi connectivity index (χ2v) is 6.23. The van der Waals surface area contributed by atoms with Gasteiger partial charge in [-0.1, -0.05) is 34.8 Å². The first-order valence-electron chi connectivity index (χ1n) is 6.33. The van der Waals surface area contributed by atoms with Crippen molar-refractivity contribution in [1.29, 1.82) is 0 Å². The highest BCUT2D eigenvalue weighted by molar-refractivity contribution is 9.10. The van der Waals surface area contributed by atoms with Gasteiger partial charge < -0.3 is 4.90 Å². The van der Waals surface area contributed by atoms with Crippen LogP contribution in [0.2, 0.25) is 0 Å². The van der Waals surface area contributed by atoms with Crippen LogP contribution in [-0.4, -0.2) is 12.6 Å². The van der Waals surface area contributed by atoms with Gasteiger partial charge in [0.2, 0.25) is 0 Å². The number of alkyl halides is 1. The van der Waals surface area contributed by atoms with Crippen molar-refractivity contribution in [2.45, 2.75) is 44.0 Å². The van der Waals surface area contributed by atoms with Crippen LogP contribution in [0.4, 0.5) is 5.69 Å². The molecule has 0 saturated carbocycles. The predicted octanol–water partition coefficient (Wildman–Crippen LogP) is 5.11. The zero-order valence-corrected chi connectivity index (χ0v) is 13.4. The first-order chi connectivity index (χ1) is 8.22. The van der Waals surface area contributed by atoms with Gasteiger partial charge in [-0.25, -0.2) is 0 Å². The summed E-state index contributed by atoms with van der Waals surface area (Å²) in [5, 5.41) is 0.918. The van der Waals surface area contributed by atoms with Gasteiger partial charge in [0.1, 0.15) is 0 Å². The lowest BCUT2D eigenvalue weighted by Crippen LogP contribution is -2.32. The summed E-state index contributed by atoms with van der Waals surface area (Å²) < 4.78 is 1.23. The van der Waals surface area contributed by atoms with E-state index in [9.17, 15) is 0 Å². The molecule has 1 aromatic rings. The Labute approximate surface area is 121 Å². The van der Waals surface area contributed by atoms with E-state index in [1.165, 1.54) is 48.0 Å². The Morgan fingerprint density at radius 3 is 2.82 bits per heavy atom. The van der Waals surface area contributed by atoms with Gasteiger partial charge in [-0.15, -0.1) is 0 Å². The summed E-state index contributed by atoms with van der Waals surface area (Å²) in [7, 11) is 0. The number of halogens is 2. The van der Waals surface area contributed by atoms with Crippen molar-refractivity contribution in [3.05, 3.63) is 28.2 Å². The van der Waals surface area contributed by atoms with Gasteiger partial charge in [0.05, 0.1) is 5.69 Å². The summed E-state index contributed by atoms with van der Waals surface area (Å²) in [6.07, 6.45) is 5.37. The number of hydrogen-bond donors (Lipinski definition) is 0. The van der Waals surface area contributed by atoms with Crippen molar-refractivity contribution >= 4 is 37.5 Å². The first-order valence-corrected chi connectivity index (χ1v) is 8.25. The van der Waals surface area contributed by atoms with Crippen LogP contribution in [-0.2, 0) is 5.33 Å². The molecule has 1 aliphatic rings. The van der Waals surface area contributed by atoms with E-state index in [1.54, 1.807) is 0 Å². The molecule has 2 rings (SSSR count). The highest BCUT2D eigenvalue weighted by atomic mass is 79.9. The van der Waals surface area contributed by atoms with Crippen molar-refractivity contribution < 1.29 is 0 Å². The lowest BCUT2D eigenvalue weighted by atomic mass is 10.1. The topological polar surface area (TPSA) is 3.24 Å². The largest absolute Gasteiger partial charge is 0.368 e. The molecule has 0 N–H and O–H groups in total. The number of anilines is 1. The Morgan fingerprint density at radius 1 is 1.29 bits per heavy atom. The molecule has 0 amide bonds. The van der Waals surface area contributed by atoms with E-state index in [0.29, 0.717) is 6.04 Å². The standard InChI is InChI=1S/C14H19Br2N/c1-11-5-3-2-4-8-17(11)14-7-6-12(10-15)9-13(14)16/h6-7,9,11H,2-5,8,10H2,1H3. The van der Waals surface area contributed by atoms with E-state index in [1.807, 2.05) is 0 Å². The minimum absolute atomic E-state index is 0.656. The molecule has 1 aliphatic heterocycles. The maximum absolute atomic E-state index is 3.71. The highest BCUT2D eigenvalue weighted by Gasteiger charge is 2.19. The molecule has 3 heteroatoms. The van der Waals surface area contributed by atoms with E-state index in [0.717, 1.165) is 5.33 Å². The summed E-state index contributed by atoms with van der Waals surface area (Å²) in [4.78, 5) is 2.55. The Balaban J connectivity index is 2.25. The lowest BCUT2D eigenvalue weighted by molar-refractivity contribution is 0.615. The molecule has 1 fully saturated rings. The zero-order chi connectivity index (χ0) is 12.3. The van der Waals surface area contributed by atoms with Crippen LogP contribution in [0, 0.1) is 0 Å². The van der Waals surface area contributed by atoms with Crippen LogP contribution in [0.1, 0.15) is 38.2 Å². The SMILES string of the molecule is CC1CCCCCN1c1ccc(CBr)cc1Br. The molecular formula is C14H19Br2N. The molecule has 1 aromatic carbocycles. The maximum atomic E-state index is 3.71. The number of nitrogens with zero attached hydrogens (tertiary/aromatic N) is 1. The average molecular weight is 361 g/mol. The average Bonchev–Trinajstić information content (AvgIpc) is 2.54. The van der Waals surface area contributed by atoms with Crippen molar-refractivity contribution in [2.75, 3.05) is 11.4 Å². The second-order valence-electron chi connectivity index (χ2n) is 4.81. The quantitative estimate of drug-likeness (QED) is 0.662. The summed E-state index contributed by atoms with van der Waals surface area (Å²) in [5.74, 6) is 0. The Hall–Kier alpha value is -0.0200. The van der Waals surface area contributed by atoms with Crippen molar-refractivity contribution in [3.63, 3.8) is 0 Å². The molecule has 0 spiro atoms. The summed E-state index contributed by atoms with van der Waals surface area (Å²) in [5.41, 5.74) is 2.67. The Kier molecular flexibility index (Phi) is 4.92. The fourth-order valence-corrected chi connectivity index (χ4v) is 3.50.